The minimum Gasteiger partial charge on any atom is -0.475 e. The van der Waals surface area contributed by atoms with Gasteiger partial charge in [0.05, 0.1) is 11.5 Å². The first-order chi connectivity index (χ1) is 9.24. The number of carbonyl (C=O) groups excluding carboxylic acids is 1. The van der Waals surface area contributed by atoms with E-state index in [0.717, 1.165) is 5.69 Å². The van der Waals surface area contributed by atoms with Crippen molar-refractivity contribution in [3.8, 4) is 5.88 Å². The van der Waals surface area contributed by atoms with Crippen LogP contribution < -0.4 is 15.4 Å². The minimum atomic E-state index is -0.541. The molecule has 1 amide bonds. The average Bonchev–Trinajstić information content (AvgIpc) is 2.34. The molecule has 0 aromatic carbocycles. The maximum atomic E-state index is 11.7. The molecule has 1 aromatic rings. The second kappa shape index (κ2) is 6.54. The molecule has 6 heteroatoms. The molecule has 0 saturated heterocycles. The summed E-state index contributed by atoms with van der Waals surface area (Å²) in [6.07, 6.45) is 0.0551. The van der Waals surface area contributed by atoms with E-state index in [9.17, 15) is 4.79 Å². The molecule has 6 nitrogen and oxygen atoms in total. The lowest BCUT2D eigenvalue weighted by Gasteiger charge is -2.23. The van der Waals surface area contributed by atoms with Crippen LogP contribution in [0.1, 0.15) is 33.4 Å². The molecule has 0 fully saturated rings. The van der Waals surface area contributed by atoms with E-state index in [-0.39, 0.29) is 12.0 Å². The number of carbonyl (C=O) groups is 1. The quantitative estimate of drug-likeness (QED) is 0.830. The first-order valence-corrected chi connectivity index (χ1v) is 6.73. The summed E-state index contributed by atoms with van der Waals surface area (Å²) in [5.41, 5.74) is 0.275. The van der Waals surface area contributed by atoms with Gasteiger partial charge in [-0.3, -0.25) is 4.79 Å². The molecule has 0 spiro atoms. The van der Waals surface area contributed by atoms with E-state index >= 15 is 0 Å². The highest BCUT2D eigenvalue weighted by atomic mass is 16.5. The summed E-state index contributed by atoms with van der Waals surface area (Å²) in [5, 5.41) is 5.74. The van der Waals surface area contributed by atoms with Crippen LogP contribution in [0.5, 0.6) is 5.88 Å². The first kappa shape index (κ1) is 16.2. The molecule has 1 rings (SSSR count). The molecule has 0 atom stereocenters. The van der Waals surface area contributed by atoms with E-state index in [2.05, 4.69) is 20.6 Å². The number of aromatic nitrogens is 2. The number of nitrogens with one attached hydrogen (secondary N) is 2. The van der Waals surface area contributed by atoms with Gasteiger partial charge in [-0.15, -0.1) is 0 Å². The van der Waals surface area contributed by atoms with Gasteiger partial charge in [-0.25, -0.2) is 4.98 Å². The van der Waals surface area contributed by atoms with Gasteiger partial charge in [-0.05, 0) is 34.6 Å². The van der Waals surface area contributed by atoms with Gasteiger partial charge in [-0.2, -0.15) is 4.98 Å². The molecule has 0 saturated carbocycles. The Kier molecular flexibility index (Phi) is 5.30. The van der Waals surface area contributed by atoms with Crippen LogP contribution in [0.15, 0.2) is 6.07 Å². The number of ether oxygens (including phenoxy) is 1. The van der Waals surface area contributed by atoms with Crippen molar-refractivity contribution in [2.24, 2.45) is 5.41 Å². The third-order valence-electron chi connectivity index (χ3n) is 2.72. The SMILES string of the molecule is CNC(=O)C(C)(C)CNc1nc(C)cc(OC(C)C)n1. The molecule has 0 aliphatic heterocycles. The number of hydrogen-bond acceptors (Lipinski definition) is 5. The number of rotatable bonds is 6. The summed E-state index contributed by atoms with van der Waals surface area (Å²) < 4.78 is 5.57. The lowest BCUT2D eigenvalue weighted by atomic mass is 9.92. The lowest BCUT2D eigenvalue weighted by Crippen LogP contribution is -2.39. The van der Waals surface area contributed by atoms with E-state index in [4.69, 9.17) is 4.74 Å². The maximum Gasteiger partial charge on any atom is 0.227 e. The van der Waals surface area contributed by atoms with Crippen LogP contribution in [0, 0.1) is 12.3 Å². The largest absolute Gasteiger partial charge is 0.475 e. The van der Waals surface area contributed by atoms with Crippen molar-refractivity contribution < 1.29 is 9.53 Å². The van der Waals surface area contributed by atoms with Crippen molar-refractivity contribution >= 4 is 11.9 Å². The van der Waals surface area contributed by atoms with Crippen molar-refractivity contribution in [1.29, 1.82) is 0 Å². The minimum absolute atomic E-state index is 0.0312. The highest BCUT2D eigenvalue weighted by Gasteiger charge is 2.26. The smallest absolute Gasteiger partial charge is 0.227 e. The molecule has 0 aliphatic carbocycles. The summed E-state index contributed by atoms with van der Waals surface area (Å²) in [4.78, 5) is 20.3. The van der Waals surface area contributed by atoms with Gasteiger partial charge in [0.2, 0.25) is 17.7 Å². The maximum absolute atomic E-state index is 11.7. The van der Waals surface area contributed by atoms with E-state index in [1.54, 1.807) is 13.1 Å². The van der Waals surface area contributed by atoms with Gasteiger partial charge in [0, 0.05) is 25.4 Å². The summed E-state index contributed by atoms with van der Waals surface area (Å²) in [7, 11) is 1.63. The van der Waals surface area contributed by atoms with Crippen molar-refractivity contribution in [3.63, 3.8) is 0 Å². The Hall–Kier alpha value is -1.85. The van der Waals surface area contributed by atoms with Gasteiger partial charge in [0.1, 0.15) is 0 Å². The lowest BCUT2D eigenvalue weighted by molar-refractivity contribution is -0.128. The topological polar surface area (TPSA) is 76.1 Å². The molecule has 0 radical (unpaired) electrons. The molecule has 0 aliphatic rings. The van der Waals surface area contributed by atoms with Crippen LogP contribution in [0.25, 0.3) is 0 Å². The molecular formula is C14H24N4O2. The predicted octanol–water partition coefficient (Wildman–Crippen LogP) is 1.76. The molecular weight excluding hydrogens is 256 g/mol. The number of aryl methyl sites for hydroxylation is 1. The third kappa shape index (κ3) is 4.68. The van der Waals surface area contributed by atoms with E-state index in [1.807, 2.05) is 34.6 Å². The van der Waals surface area contributed by atoms with Crippen LogP contribution >= 0.6 is 0 Å². The van der Waals surface area contributed by atoms with Gasteiger partial charge < -0.3 is 15.4 Å². The zero-order valence-electron chi connectivity index (χ0n) is 13.1. The Morgan fingerprint density at radius 1 is 1.40 bits per heavy atom. The second-order valence-electron chi connectivity index (χ2n) is 5.65. The average molecular weight is 280 g/mol. The van der Waals surface area contributed by atoms with Crippen molar-refractivity contribution in [1.82, 2.24) is 15.3 Å². The standard InChI is InChI=1S/C14H24N4O2/c1-9(2)20-11-7-10(3)17-13(18-11)16-8-14(4,5)12(19)15-6/h7,9H,8H2,1-6H3,(H,15,19)(H,16,17,18). The van der Waals surface area contributed by atoms with Crippen LogP contribution in [0.4, 0.5) is 5.95 Å². The monoisotopic (exact) mass is 280 g/mol. The normalized spacial score (nSPS) is 11.3. The Bertz CT molecular complexity index is 472. The zero-order valence-corrected chi connectivity index (χ0v) is 13.1. The number of amides is 1. The van der Waals surface area contributed by atoms with Gasteiger partial charge >= 0.3 is 0 Å². The molecule has 0 unspecified atom stereocenters. The summed E-state index contributed by atoms with van der Waals surface area (Å²) in [6.45, 7) is 9.93. The first-order valence-electron chi connectivity index (χ1n) is 6.73. The molecule has 1 heterocycles. The van der Waals surface area contributed by atoms with Gasteiger partial charge in [0.15, 0.2) is 0 Å². The van der Waals surface area contributed by atoms with E-state index in [1.165, 1.54) is 0 Å². The fourth-order valence-electron chi connectivity index (χ4n) is 1.64. The van der Waals surface area contributed by atoms with E-state index in [0.29, 0.717) is 18.4 Å². The van der Waals surface area contributed by atoms with Gasteiger partial charge in [0.25, 0.3) is 0 Å². The van der Waals surface area contributed by atoms with Crippen molar-refractivity contribution in [2.75, 3.05) is 18.9 Å². The highest BCUT2D eigenvalue weighted by Crippen LogP contribution is 2.18. The van der Waals surface area contributed by atoms with Crippen LogP contribution in [-0.4, -0.2) is 35.6 Å². The second-order valence-corrected chi connectivity index (χ2v) is 5.65. The Labute approximate surface area is 120 Å². The summed E-state index contributed by atoms with van der Waals surface area (Å²) >= 11 is 0. The Morgan fingerprint density at radius 2 is 2.05 bits per heavy atom. The number of nitrogens with zero attached hydrogens (tertiary/aromatic N) is 2. The third-order valence-corrected chi connectivity index (χ3v) is 2.72. The Morgan fingerprint density at radius 3 is 2.60 bits per heavy atom. The highest BCUT2D eigenvalue weighted by molar-refractivity contribution is 5.82. The fourth-order valence-corrected chi connectivity index (χ4v) is 1.64. The van der Waals surface area contributed by atoms with Crippen molar-refractivity contribution in [2.45, 2.75) is 40.7 Å². The number of anilines is 1. The molecule has 2 N–H and O–H groups in total. The number of hydrogen-bond donors (Lipinski definition) is 2. The fraction of sp³-hybridized carbons (Fsp3) is 0.643. The Balaban J connectivity index is 2.77. The zero-order chi connectivity index (χ0) is 15.3. The predicted molar refractivity (Wildman–Crippen MR) is 78.9 cm³/mol. The van der Waals surface area contributed by atoms with Gasteiger partial charge in [-0.1, -0.05) is 0 Å². The summed E-state index contributed by atoms with van der Waals surface area (Å²) in [6, 6.07) is 1.79. The summed E-state index contributed by atoms with van der Waals surface area (Å²) in [5.74, 6) is 0.974. The molecule has 20 heavy (non-hydrogen) atoms. The van der Waals surface area contributed by atoms with Crippen LogP contribution in [0.3, 0.4) is 0 Å². The van der Waals surface area contributed by atoms with Crippen LogP contribution in [0.2, 0.25) is 0 Å². The van der Waals surface area contributed by atoms with E-state index < -0.39 is 5.41 Å². The molecule has 112 valence electrons. The molecule has 0 bridgehead atoms. The van der Waals surface area contributed by atoms with Crippen LogP contribution in [-0.2, 0) is 4.79 Å². The van der Waals surface area contributed by atoms with Crippen molar-refractivity contribution in [3.05, 3.63) is 11.8 Å². The molecule has 1 aromatic heterocycles.